The number of hydrogen-bond donors (Lipinski definition) is 1. The molecule has 0 aliphatic rings. The Balaban J connectivity index is 1.50. The number of carboxylic acids is 1. The van der Waals surface area contributed by atoms with Crippen molar-refractivity contribution in [3.05, 3.63) is 102 Å². The molecule has 3 aromatic carbocycles. The first-order valence-corrected chi connectivity index (χ1v) is 11.8. The molecule has 35 heavy (non-hydrogen) atoms. The third-order valence-electron chi connectivity index (χ3n) is 6.10. The van der Waals surface area contributed by atoms with E-state index in [1.54, 1.807) is 4.90 Å². The van der Waals surface area contributed by atoms with Crippen LogP contribution in [0.4, 0.5) is 0 Å². The Labute approximate surface area is 205 Å². The lowest BCUT2D eigenvalue weighted by atomic mass is 10.1. The lowest BCUT2D eigenvalue weighted by molar-refractivity contribution is -0.137. The van der Waals surface area contributed by atoms with Crippen LogP contribution in [-0.4, -0.2) is 40.0 Å². The van der Waals surface area contributed by atoms with Gasteiger partial charge in [0.1, 0.15) is 18.9 Å². The number of likely N-dealkylation sites (N-methyl/N-ethyl adjacent to an activating group) is 1. The number of carbonyl (C=O) groups is 2. The summed E-state index contributed by atoms with van der Waals surface area (Å²) in [7, 11) is 1.82. The summed E-state index contributed by atoms with van der Waals surface area (Å²) in [4.78, 5) is 25.9. The van der Waals surface area contributed by atoms with Gasteiger partial charge < -0.3 is 19.3 Å². The maximum atomic E-state index is 13.0. The molecule has 180 valence electrons. The number of ether oxygens (including phenoxy) is 1. The van der Waals surface area contributed by atoms with Crippen LogP contribution in [0.1, 0.15) is 23.1 Å². The first kappa shape index (κ1) is 24.1. The number of nitrogens with zero attached hydrogens (tertiary/aromatic N) is 2. The molecule has 1 amide bonds. The first-order chi connectivity index (χ1) is 17.0. The summed E-state index contributed by atoms with van der Waals surface area (Å²) in [5.41, 5.74) is 4.05. The van der Waals surface area contributed by atoms with E-state index in [1.807, 2.05) is 84.5 Å². The Kier molecular flexibility index (Phi) is 7.83. The van der Waals surface area contributed by atoms with Gasteiger partial charge in [0.2, 0.25) is 5.91 Å². The minimum absolute atomic E-state index is 0.00650. The van der Waals surface area contributed by atoms with Crippen LogP contribution < -0.4 is 4.74 Å². The van der Waals surface area contributed by atoms with Gasteiger partial charge in [0.05, 0.1) is 0 Å². The van der Waals surface area contributed by atoms with Crippen molar-refractivity contribution in [3.8, 4) is 5.75 Å². The van der Waals surface area contributed by atoms with E-state index >= 15 is 0 Å². The topological polar surface area (TPSA) is 71.8 Å². The summed E-state index contributed by atoms with van der Waals surface area (Å²) in [6.45, 7) is 1.27. The van der Waals surface area contributed by atoms with Crippen LogP contribution in [0.3, 0.4) is 0 Å². The molecule has 0 bridgehead atoms. The van der Waals surface area contributed by atoms with Crippen LogP contribution in [0, 0.1) is 0 Å². The number of carbonyl (C=O) groups excluding carboxylic acids is 1. The highest BCUT2D eigenvalue weighted by molar-refractivity contribution is 5.87. The average molecular weight is 471 g/mol. The van der Waals surface area contributed by atoms with Gasteiger partial charge in [0.15, 0.2) is 0 Å². The van der Waals surface area contributed by atoms with E-state index in [0.717, 1.165) is 28.5 Å². The summed E-state index contributed by atoms with van der Waals surface area (Å²) in [5, 5.41) is 10.1. The fraction of sp³-hybridized carbons (Fsp3) is 0.241. The van der Waals surface area contributed by atoms with E-state index in [4.69, 9.17) is 4.74 Å². The molecule has 0 atom stereocenters. The number of aliphatic carboxylic acids is 1. The third-order valence-corrected chi connectivity index (χ3v) is 6.10. The van der Waals surface area contributed by atoms with E-state index in [2.05, 4.69) is 12.1 Å². The molecular formula is C29H30N2O4. The predicted molar refractivity (Wildman–Crippen MR) is 136 cm³/mol. The summed E-state index contributed by atoms with van der Waals surface area (Å²) < 4.78 is 7.89. The van der Waals surface area contributed by atoms with Crippen molar-refractivity contribution in [2.24, 2.45) is 0 Å². The van der Waals surface area contributed by atoms with Gasteiger partial charge in [-0.15, -0.1) is 0 Å². The van der Waals surface area contributed by atoms with Crippen molar-refractivity contribution in [1.29, 1.82) is 0 Å². The Morgan fingerprint density at radius 2 is 1.60 bits per heavy atom. The van der Waals surface area contributed by atoms with Gasteiger partial charge in [0, 0.05) is 37.1 Å². The smallest absolute Gasteiger partial charge is 0.303 e. The van der Waals surface area contributed by atoms with Crippen LogP contribution in [0.25, 0.3) is 10.9 Å². The summed E-state index contributed by atoms with van der Waals surface area (Å²) in [5.74, 6) is -0.131. The second kappa shape index (κ2) is 11.4. The Hall–Kier alpha value is -4.06. The van der Waals surface area contributed by atoms with Crippen molar-refractivity contribution < 1.29 is 19.4 Å². The Bertz CT molecular complexity index is 1280. The van der Waals surface area contributed by atoms with E-state index < -0.39 is 5.97 Å². The molecule has 0 saturated carbocycles. The van der Waals surface area contributed by atoms with Crippen molar-refractivity contribution >= 4 is 22.8 Å². The molecule has 0 radical (unpaired) electrons. The molecule has 1 heterocycles. The minimum atomic E-state index is -0.848. The van der Waals surface area contributed by atoms with E-state index in [1.165, 1.54) is 5.56 Å². The van der Waals surface area contributed by atoms with Crippen molar-refractivity contribution in [1.82, 2.24) is 9.47 Å². The first-order valence-electron chi connectivity index (χ1n) is 11.8. The minimum Gasteiger partial charge on any atom is -0.489 e. The molecule has 4 rings (SSSR count). The third kappa shape index (κ3) is 6.51. The lowest BCUT2D eigenvalue weighted by Crippen LogP contribution is -2.31. The maximum Gasteiger partial charge on any atom is 0.303 e. The number of fused-ring (bicyclic) bond motifs is 1. The number of rotatable bonds is 11. The zero-order chi connectivity index (χ0) is 24.6. The summed E-state index contributed by atoms with van der Waals surface area (Å²) >= 11 is 0. The highest BCUT2D eigenvalue weighted by Gasteiger charge is 2.16. The lowest BCUT2D eigenvalue weighted by Gasteiger charge is -2.18. The van der Waals surface area contributed by atoms with Crippen molar-refractivity contribution in [2.45, 2.75) is 32.4 Å². The van der Waals surface area contributed by atoms with E-state index in [0.29, 0.717) is 25.3 Å². The van der Waals surface area contributed by atoms with Crippen LogP contribution in [0.5, 0.6) is 5.75 Å². The SMILES string of the molecule is CN(CCc1ccccc1)C(=O)Cn1cc(CCC(=O)O)c2cc(OCc3ccccc3)ccc21. The molecule has 6 heteroatoms. The number of hydrogen-bond acceptors (Lipinski definition) is 3. The molecule has 1 N–H and O–H groups in total. The largest absolute Gasteiger partial charge is 0.489 e. The second-order valence-corrected chi connectivity index (χ2v) is 8.68. The van der Waals surface area contributed by atoms with Crippen LogP contribution in [0.15, 0.2) is 85.1 Å². The highest BCUT2D eigenvalue weighted by atomic mass is 16.5. The van der Waals surface area contributed by atoms with Gasteiger partial charge in [-0.1, -0.05) is 60.7 Å². The number of aryl methyl sites for hydroxylation is 1. The standard InChI is InChI=1S/C29H30N2O4/c1-30(17-16-22-8-4-2-5-9-22)28(32)20-31-19-24(12-15-29(33)34)26-18-25(13-14-27(26)31)35-21-23-10-6-3-7-11-23/h2-11,13-14,18-19H,12,15-17,20-21H2,1H3,(H,33,34). The number of aromatic nitrogens is 1. The van der Waals surface area contributed by atoms with Gasteiger partial charge >= 0.3 is 5.97 Å². The molecule has 0 aliphatic carbocycles. The zero-order valence-electron chi connectivity index (χ0n) is 19.9. The monoisotopic (exact) mass is 470 g/mol. The molecule has 0 aliphatic heterocycles. The quantitative estimate of drug-likeness (QED) is 0.337. The highest BCUT2D eigenvalue weighted by Crippen LogP contribution is 2.28. The normalized spacial score (nSPS) is 10.9. The Morgan fingerprint density at radius 1 is 0.914 bits per heavy atom. The van der Waals surface area contributed by atoms with Crippen LogP contribution >= 0.6 is 0 Å². The number of carboxylic acid groups (broad SMARTS) is 1. The van der Waals surface area contributed by atoms with Crippen molar-refractivity contribution in [3.63, 3.8) is 0 Å². The predicted octanol–water partition coefficient (Wildman–Crippen LogP) is 4.94. The van der Waals surface area contributed by atoms with Crippen molar-refractivity contribution in [2.75, 3.05) is 13.6 Å². The van der Waals surface area contributed by atoms with Crippen LogP contribution in [-0.2, 0) is 35.6 Å². The number of amides is 1. The van der Waals surface area contributed by atoms with E-state index in [9.17, 15) is 14.7 Å². The van der Waals surface area contributed by atoms with Gasteiger partial charge in [-0.05, 0) is 47.7 Å². The second-order valence-electron chi connectivity index (χ2n) is 8.68. The number of benzene rings is 3. The summed E-state index contributed by atoms with van der Waals surface area (Å²) in [6, 6.07) is 25.8. The molecule has 0 saturated heterocycles. The molecule has 1 aromatic heterocycles. The maximum absolute atomic E-state index is 13.0. The molecule has 0 unspecified atom stereocenters. The van der Waals surface area contributed by atoms with Gasteiger partial charge in [-0.3, -0.25) is 9.59 Å². The molecule has 6 nitrogen and oxygen atoms in total. The fourth-order valence-electron chi connectivity index (χ4n) is 4.08. The molecule has 0 fully saturated rings. The summed E-state index contributed by atoms with van der Waals surface area (Å²) in [6.07, 6.45) is 3.11. The molecular weight excluding hydrogens is 440 g/mol. The zero-order valence-corrected chi connectivity index (χ0v) is 19.9. The average Bonchev–Trinajstić information content (AvgIpc) is 3.22. The van der Waals surface area contributed by atoms with E-state index in [-0.39, 0.29) is 18.9 Å². The Morgan fingerprint density at radius 3 is 2.29 bits per heavy atom. The molecule has 4 aromatic rings. The van der Waals surface area contributed by atoms with Crippen LogP contribution in [0.2, 0.25) is 0 Å². The van der Waals surface area contributed by atoms with Gasteiger partial charge in [0.25, 0.3) is 0 Å². The fourth-order valence-corrected chi connectivity index (χ4v) is 4.08. The van der Waals surface area contributed by atoms with Gasteiger partial charge in [-0.2, -0.15) is 0 Å². The van der Waals surface area contributed by atoms with Gasteiger partial charge in [-0.25, -0.2) is 0 Å². The molecule has 0 spiro atoms.